The average molecular weight is 221 g/mol. The van der Waals surface area contributed by atoms with Gasteiger partial charge in [-0.25, -0.2) is 4.79 Å². The lowest BCUT2D eigenvalue weighted by Crippen LogP contribution is -2.35. The first-order chi connectivity index (χ1) is 7.84. The van der Waals surface area contributed by atoms with Gasteiger partial charge in [0.1, 0.15) is 0 Å². The third-order valence-corrected chi connectivity index (χ3v) is 2.73. The number of cyclic esters (lactones) is 1. The van der Waals surface area contributed by atoms with Gasteiger partial charge in [-0.1, -0.05) is 12.1 Å². The predicted molar refractivity (Wildman–Crippen MR) is 54.4 cm³/mol. The third kappa shape index (κ3) is 1.44. The summed E-state index contributed by atoms with van der Waals surface area (Å²) < 4.78 is 15.5. The van der Waals surface area contributed by atoms with Crippen molar-refractivity contribution in [2.75, 3.05) is 13.4 Å². The van der Waals surface area contributed by atoms with Gasteiger partial charge < -0.3 is 19.5 Å². The Balaban J connectivity index is 1.94. The van der Waals surface area contributed by atoms with Crippen LogP contribution in [0.15, 0.2) is 18.2 Å². The number of fused-ring (bicyclic) bond motifs is 1. The van der Waals surface area contributed by atoms with Gasteiger partial charge in [0.05, 0.1) is 12.6 Å². The van der Waals surface area contributed by atoms with Crippen molar-refractivity contribution in [2.45, 2.75) is 12.5 Å². The first-order valence-corrected chi connectivity index (χ1v) is 5.16. The van der Waals surface area contributed by atoms with Crippen LogP contribution in [0.1, 0.15) is 18.0 Å². The quantitative estimate of drug-likeness (QED) is 0.782. The number of nitrogens with one attached hydrogen (secondary N) is 1. The molecule has 0 aliphatic carbocycles. The van der Waals surface area contributed by atoms with E-state index in [1.165, 1.54) is 0 Å². The molecule has 0 spiro atoms. The van der Waals surface area contributed by atoms with Crippen molar-refractivity contribution < 1.29 is 19.0 Å². The maximum atomic E-state index is 11.1. The molecule has 1 fully saturated rings. The summed E-state index contributed by atoms with van der Waals surface area (Å²) in [7, 11) is 0. The Kier molecular flexibility index (Phi) is 2.09. The second-order valence-corrected chi connectivity index (χ2v) is 3.70. The van der Waals surface area contributed by atoms with E-state index in [2.05, 4.69) is 5.32 Å². The third-order valence-electron chi connectivity index (χ3n) is 2.73. The van der Waals surface area contributed by atoms with Crippen LogP contribution in [-0.4, -0.2) is 19.5 Å². The van der Waals surface area contributed by atoms with E-state index in [4.69, 9.17) is 14.2 Å². The van der Waals surface area contributed by atoms with Crippen LogP contribution < -0.4 is 14.8 Å². The van der Waals surface area contributed by atoms with Crippen molar-refractivity contribution in [2.24, 2.45) is 0 Å². The average Bonchev–Trinajstić information content (AvgIpc) is 2.76. The Bertz CT molecular complexity index is 432. The standard InChI is InChI=1S/C11H11NO4/c13-11-12-8(4-5-14-11)7-2-1-3-9-10(7)16-6-15-9/h1-3,8H,4-6H2,(H,12,13)/t8-/m0/s1. The summed E-state index contributed by atoms with van der Waals surface area (Å²) in [6.07, 6.45) is 0.360. The van der Waals surface area contributed by atoms with Crippen LogP contribution in [0.2, 0.25) is 0 Å². The first-order valence-electron chi connectivity index (χ1n) is 5.16. The van der Waals surface area contributed by atoms with Gasteiger partial charge in [-0.15, -0.1) is 0 Å². The molecule has 2 heterocycles. The van der Waals surface area contributed by atoms with E-state index >= 15 is 0 Å². The Morgan fingerprint density at radius 2 is 2.19 bits per heavy atom. The topological polar surface area (TPSA) is 56.8 Å². The van der Waals surface area contributed by atoms with E-state index in [1.54, 1.807) is 0 Å². The molecule has 2 aliphatic rings. The van der Waals surface area contributed by atoms with Gasteiger partial charge >= 0.3 is 6.09 Å². The van der Waals surface area contributed by atoms with Gasteiger partial charge in [0.2, 0.25) is 6.79 Å². The molecule has 1 N–H and O–H groups in total. The van der Waals surface area contributed by atoms with Gasteiger partial charge in [-0.3, -0.25) is 0 Å². The molecule has 1 atom stereocenters. The second kappa shape index (κ2) is 3.59. The number of rotatable bonds is 1. The Morgan fingerprint density at radius 1 is 1.25 bits per heavy atom. The minimum atomic E-state index is -0.382. The predicted octanol–water partition coefficient (Wildman–Crippen LogP) is 1.59. The smallest absolute Gasteiger partial charge is 0.407 e. The number of hydrogen-bond acceptors (Lipinski definition) is 4. The molecule has 1 saturated heterocycles. The fourth-order valence-corrected chi connectivity index (χ4v) is 1.99. The van der Waals surface area contributed by atoms with E-state index in [0.717, 1.165) is 23.5 Å². The fraction of sp³-hybridized carbons (Fsp3) is 0.364. The maximum absolute atomic E-state index is 11.1. The highest BCUT2D eigenvalue weighted by atomic mass is 16.7. The molecular formula is C11H11NO4. The number of hydrogen-bond donors (Lipinski definition) is 1. The van der Waals surface area contributed by atoms with Crippen LogP contribution in [0.4, 0.5) is 4.79 Å². The van der Waals surface area contributed by atoms with Gasteiger partial charge in [0.25, 0.3) is 0 Å². The number of alkyl carbamates (subject to hydrolysis) is 1. The normalized spacial score (nSPS) is 22.5. The molecule has 0 saturated carbocycles. The largest absolute Gasteiger partial charge is 0.454 e. The lowest BCUT2D eigenvalue weighted by molar-refractivity contribution is 0.114. The zero-order valence-electron chi connectivity index (χ0n) is 8.56. The summed E-state index contributed by atoms with van der Waals surface area (Å²) in [5, 5.41) is 2.77. The van der Waals surface area contributed by atoms with Crippen molar-refractivity contribution in [1.29, 1.82) is 0 Å². The van der Waals surface area contributed by atoms with Crippen LogP contribution in [0.3, 0.4) is 0 Å². The molecule has 0 radical (unpaired) electrons. The van der Waals surface area contributed by atoms with Crippen molar-refractivity contribution >= 4 is 6.09 Å². The molecule has 2 aliphatic heterocycles. The summed E-state index contributed by atoms with van der Waals surface area (Å²) in [6, 6.07) is 5.62. The highest BCUT2D eigenvalue weighted by Crippen LogP contribution is 2.39. The van der Waals surface area contributed by atoms with Crippen molar-refractivity contribution in [3.63, 3.8) is 0 Å². The van der Waals surface area contributed by atoms with E-state index in [1.807, 2.05) is 18.2 Å². The molecule has 84 valence electrons. The van der Waals surface area contributed by atoms with Crippen molar-refractivity contribution in [3.05, 3.63) is 23.8 Å². The van der Waals surface area contributed by atoms with Gasteiger partial charge in [0.15, 0.2) is 11.5 Å². The van der Waals surface area contributed by atoms with E-state index < -0.39 is 0 Å². The number of ether oxygens (including phenoxy) is 3. The molecule has 3 rings (SSSR count). The van der Waals surface area contributed by atoms with Gasteiger partial charge in [-0.2, -0.15) is 0 Å². The highest BCUT2D eigenvalue weighted by molar-refractivity contribution is 5.69. The molecule has 1 amide bonds. The first kappa shape index (κ1) is 9.33. The van der Waals surface area contributed by atoms with E-state index in [-0.39, 0.29) is 18.9 Å². The SMILES string of the molecule is O=C1N[C@H](c2cccc3c2OCO3)CCO1. The fourth-order valence-electron chi connectivity index (χ4n) is 1.99. The van der Waals surface area contributed by atoms with Crippen LogP contribution in [-0.2, 0) is 4.74 Å². The molecule has 5 heteroatoms. The Hall–Kier alpha value is -1.91. The van der Waals surface area contributed by atoms with E-state index in [0.29, 0.717) is 6.61 Å². The molecule has 5 nitrogen and oxygen atoms in total. The number of amides is 1. The minimum absolute atomic E-state index is 0.0575. The molecule has 0 aromatic heterocycles. The van der Waals surface area contributed by atoms with E-state index in [9.17, 15) is 4.79 Å². The molecule has 1 aromatic rings. The number of carbonyl (C=O) groups is 1. The monoisotopic (exact) mass is 221 g/mol. The maximum Gasteiger partial charge on any atom is 0.407 e. The number of para-hydroxylation sites is 1. The molecule has 16 heavy (non-hydrogen) atoms. The summed E-state index contributed by atoms with van der Waals surface area (Å²) in [5.74, 6) is 1.47. The zero-order valence-corrected chi connectivity index (χ0v) is 8.56. The highest BCUT2D eigenvalue weighted by Gasteiger charge is 2.27. The Morgan fingerprint density at radius 3 is 3.06 bits per heavy atom. The Labute approximate surface area is 92.3 Å². The second-order valence-electron chi connectivity index (χ2n) is 3.70. The van der Waals surface area contributed by atoms with Crippen LogP contribution in [0.25, 0.3) is 0 Å². The molecule has 1 aromatic carbocycles. The summed E-state index contributed by atoms with van der Waals surface area (Å²) in [4.78, 5) is 11.1. The molecule has 0 unspecified atom stereocenters. The van der Waals surface area contributed by atoms with Crippen LogP contribution in [0.5, 0.6) is 11.5 Å². The van der Waals surface area contributed by atoms with Gasteiger partial charge in [0, 0.05) is 12.0 Å². The summed E-state index contributed by atoms with van der Waals surface area (Å²) in [5.41, 5.74) is 0.951. The number of carbonyl (C=O) groups excluding carboxylic acids is 1. The molecule has 0 bridgehead atoms. The van der Waals surface area contributed by atoms with Crippen molar-refractivity contribution in [3.8, 4) is 11.5 Å². The van der Waals surface area contributed by atoms with Crippen LogP contribution >= 0.6 is 0 Å². The lowest BCUT2D eigenvalue weighted by atomic mass is 10.0. The summed E-state index contributed by atoms with van der Waals surface area (Å²) >= 11 is 0. The zero-order chi connectivity index (χ0) is 11.0. The lowest BCUT2D eigenvalue weighted by Gasteiger charge is -2.24. The van der Waals surface area contributed by atoms with Crippen molar-refractivity contribution in [1.82, 2.24) is 5.32 Å². The van der Waals surface area contributed by atoms with Crippen LogP contribution in [0, 0.1) is 0 Å². The number of benzene rings is 1. The summed E-state index contributed by atoms with van der Waals surface area (Å²) in [6.45, 7) is 0.671. The minimum Gasteiger partial charge on any atom is -0.454 e. The van der Waals surface area contributed by atoms with Gasteiger partial charge in [-0.05, 0) is 6.07 Å². The molecular weight excluding hydrogens is 210 g/mol.